The van der Waals surface area contributed by atoms with E-state index in [0.29, 0.717) is 6.54 Å². The van der Waals surface area contributed by atoms with Crippen LogP contribution in [0.2, 0.25) is 0 Å². The van der Waals surface area contributed by atoms with Crippen LogP contribution < -0.4 is 10.2 Å². The third-order valence-electron chi connectivity index (χ3n) is 1.15. The Labute approximate surface area is 75.0 Å². The Morgan fingerprint density at radius 1 is 1.77 bits per heavy atom. The minimum atomic E-state index is -4.84. The van der Waals surface area contributed by atoms with E-state index in [1.807, 2.05) is 0 Å². The first kappa shape index (κ1) is 12.5. The second kappa shape index (κ2) is 5.31. The Morgan fingerprint density at radius 3 is 2.62 bits per heavy atom. The zero-order chi connectivity index (χ0) is 10.5. The highest BCUT2D eigenvalue weighted by Crippen LogP contribution is 2.29. The molecule has 7 nitrogen and oxygen atoms in total. The van der Waals surface area contributed by atoms with Gasteiger partial charge in [0, 0.05) is 0 Å². The summed E-state index contributed by atoms with van der Waals surface area (Å²) in [4.78, 5) is 28.7. The number of nitrogens with one attached hydrogen (secondary N) is 1. The monoisotopic (exact) mass is 212 g/mol. The maximum absolute atomic E-state index is 10.4. The molecule has 0 spiro atoms. The number of likely N-dealkylation sites (N-methyl/N-ethyl adjacent to an activating group) is 1. The van der Waals surface area contributed by atoms with E-state index in [-0.39, 0.29) is 0 Å². The molecule has 0 aliphatic carbocycles. The van der Waals surface area contributed by atoms with Crippen LogP contribution in [0.1, 0.15) is 6.92 Å². The summed E-state index contributed by atoms with van der Waals surface area (Å²) in [7, 11) is -4.84. The molecule has 0 aromatic heterocycles. The van der Waals surface area contributed by atoms with Crippen molar-refractivity contribution in [3.63, 3.8) is 0 Å². The van der Waals surface area contributed by atoms with Gasteiger partial charge in [-0.3, -0.25) is 9.36 Å². The van der Waals surface area contributed by atoms with Crippen molar-refractivity contribution in [2.75, 3.05) is 13.2 Å². The summed E-state index contributed by atoms with van der Waals surface area (Å²) >= 11 is 0. The summed E-state index contributed by atoms with van der Waals surface area (Å²) in [5.41, 5.74) is 0. The molecule has 3 N–H and O–H groups in total. The fourth-order valence-corrected chi connectivity index (χ4v) is 0.970. The van der Waals surface area contributed by atoms with Crippen LogP contribution in [0.25, 0.3) is 0 Å². The molecule has 0 aliphatic rings. The van der Waals surface area contributed by atoms with Gasteiger partial charge in [-0.15, -0.1) is 0 Å². The summed E-state index contributed by atoms with van der Waals surface area (Å²) in [5, 5.41) is 10.9. The molecule has 13 heavy (non-hydrogen) atoms. The van der Waals surface area contributed by atoms with Gasteiger partial charge in [-0.1, -0.05) is 6.92 Å². The van der Waals surface area contributed by atoms with Gasteiger partial charge in [0.2, 0.25) is 0 Å². The summed E-state index contributed by atoms with van der Waals surface area (Å²) in [6, 6.07) is -1.14. The van der Waals surface area contributed by atoms with Crippen LogP contribution in [-0.4, -0.2) is 35.2 Å². The molecule has 0 amide bonds. The summed E-state index contributed by atoms with van der Waals surface area (Å²) in [5.74, 6) is -1.24. The molecule has 78 valence electrons. The molecule has 2 atom stereocenters. The lowest BCUT2D eigenvalue weighted by atomic mass is 10.3. The quantitative estimate of drug-likeness (QED) is 0.459. The van der Waals surface area contributed by atoms with Crippen LogP contribution in [0.15, 0.2) is 0 Å². The third-order valence-corrected chi connectivity index (χ3v) is 1.63. The number of carboxylic acids is 1. The largest absolute Gasteiger partial charge is 0.756 e. The zero-order valence-electron chi connectivity index (χ0n) is 6.97. The Hall–Kier alpha value is -0.460. The Morgan fingerprint density at radius 2 is 2.31 bits per heavy atom. The smallest absolute Gasteiger partial charge is 0.323 e. The second-order valence-electron chi connectivity index (χ2n) is 2.21. The highest BCUT2D eigenvalue weighted by atomic mass is 31.2. The molecular weight excluding hydrogens is 201 g/mol. The van der Waals surface area contributed by atoms with Gasteiger partial charge in [-0.05, 0) is 6.54 Å². The Bertz CT molecular complexity index is 213. The average Bonchev–Trinajstić information content (AvgIpc) is 1.95. The fraction of sp³-hybridized carbons (Fsp3) is 0.800. The lowest BCUT2D eigenvalue weighted by Gasteiger charge is -2.19. The van der Waals surface area contributed by atoms with Gasteiger partial charge in [-0.2, -0.15) is 0 Å². The first-order chi connectivity index (χ1) is 5.87. The lowest BCUT2D eigenvalue weighted by molar-refractivity contribution is -0.220. The number of phosphoric ester groups is 1. The fourth-order valence-electron chi connectivity index (χ4n) is 0.633. The van der Waals surface area contributed by atoms with Gasteiger partial charge in [0.1, 0.15) is 6.04 Å². The third kappa shape index (κ3) is 6.68. The molecule has 8 heteroatoms. The van der Waals surface area contributed by atoms with E-state index in [4.69, 9.17) is 10.00 Å². The van der Waals surface area contributed by atoms with Gasteiger partial charge >= 0.3 is 5.97 Å². The van der Waals surface area contributed by atoms with Crippen molar-refractivity contribution >= 4 is 13.8 Å². The Balaban J connectivity index is 3.97. The summed E-state index contributed by atoms with van der Waals surface area (Å²) in [6.07, 6.45) is 0. The van der Waals surface area contributed by atoms with Crippen molar-refractivity contribution < 1.29 is 28.8 Å². The van der Waals surface area contributed by atoms with Gasteiger partial charge in [-0.25, -0.2) is 0 Å². The van der Waals surface area contributed by atoms with E-state index in [9.17, 15) is 14.3 Å². The second-order valence-corrected chi connectivity index (χ2v) is 3.41. The predicted octanol–water partition coefficient (Wildman–Crippen LogP) is -1.47. The summed E-state index contributed by atoms with van der Waals surface area (Å²) in [6.45, 7) is 1.39. The van der Waals surface area contributed by atoms with E-state index >= 15 is 0 Å². The molecule has 0 saturated carbocycles. The van der Waals surface area contributed by atoms with Gasteiger partial charge in [0.25, 0.3) is 7.82 Å². The van der Waals surface area contributed by atoms with E-state index in [1.165, 1.54) is 0 Å². The van der Waals surface area contributed by atoms with Crippen molar-refractivity contribution in [2.45, 2.75) is 13.0 Å². The molecule has 0 aliphatic heterocycles. The number of carbonyl (C=O) groups is 1. The van der Waals surface area contributed by atoms with E-state index in [1.54, 1.807) is 6.92 Å². The maximum Gasteiger partial charge on any atom is 0.323 e. The van der Waals surface area contributed by atoms with Crippen molar-refractivity contribution in [1.29, 1.82) is 0 Å². The lowest BCUT2D eigenvalue weighted by Crippen LogP contribution is -2.40. The van der Waals surface area contributed by atoms with Crippen LogP contribution in [0, 0.1) is 0 Å². The normalized spacial score (nSPS) is 17.8. The van der Waals surface area contributed by atoms with Crippen LogP contribution in [0.3, 0.4) is 0 Å². The standard InChI is InChI=1S/C5H12NO6P/c1-2-6-4(5(7)8)3-12-13(9,10)11/h4,6H,2-3H2,1H3,(H,7,8)(H2,9,10,11)/p-1/t4-/m0/s1. The SMILES string of the molecule is CCN[C@@H](COP(=O)([O-])O)C(=O)O. The molecule has 0 heterocycles. The van der Waals surface area contributed by atoms with Gasteiger partial charge < -0.3 is 24.7 Å². The highest BCUT2D eigenvalue weighted by molar-refractivity contribution is 7.44. The number of hydrogen-bond donors (Lipinski definition) is 3. The van der Waals surface area contributed by atoms with E-state index in [0.717, 1.165) is 0 Å². The number of phosphoric acid groups is 1. The zero-order valence-corrected chi connectivity index (χ0v) is 7.86. The molecule has 0 fully saturated rings. The average molecular weight is 212 g/mol. The molecule has 0 aromatic carbocycles. The predicted molar refractivity (Wildman–Crippen MR) is 40.9 cm³/mol. The van der Waals surface area contributed by atoms with Crippen molar-refractivity contribution in [2.24, 2.45) is 0 Å². The van der Waals surface area contributed by atoms with Crippen LogP contribution in [-0.2, 0) is 13.9 Å². The first-order valence-electron chi connectivity index (χ1n) is 3.51. The highest BCUT2D eigenvalue weighted by Gasteiger charge is 2.17. The number of carboxylic acid groups (broad SMARTS) is 1. The van der Waals surface area contributed by atoms with Gasteiger partial charge in [0.15, 0.2) is 0 Å². The van der Waals surface area contributed by atoms with Crippen LogP contribution in [0.5, 0.6) is 0 Å². The van der Waals surface area contributed by atoms with Crippen LogP contribution >= 0.6 is 7.82 Å². The van der Waals surface area contributed by atoms with E-state index in [2.05, 4.69) is 9.84 Å². The number of hydrogen-bond acceptors (Lipinski definition) is 5. The van der Waals surface area contributed by atoms with Crippen molar-refractivity contribution in [3.05, 3.63) is 0 Å². The first-order valence-corrected chi connectivity index (χ1v) is 5.01. The maximum atomic E-state index is 10.4. The Kier molecular flexibility index (Phi) is 5.12. The number of rotatable bonds is 6. The molecule has 0 saturated heterocycles. The molecule has 0 aromatic rings. The van der Waals surface area contributed by atoms with Crippen molar-refractivity contribution in [3.8, 4) is 0 Å². The number of aliphatic carboxylic acids is 1. The van der Waals surface area contributed by atoms with E-state index < -0.39 is 26.4 Å². The topological polar surface area (TPSA) is 119 Å². The summed E-state index contributed by atoms with van der Waals surface area (Å²) < 4.78 is 14.0. The molecule has 1 unspecified atom stereocenters. The minimum absolute atomic E-state index is 0.356. The minimum Gasteiger partial charge on any atom is -0.756 e. The van der Waals surface area contributed by atoms with Crippen molar-refractivity contribution in [1.82, 2.24) is 5.32 Å². The molecular formula is C5H11NO6P-. The molecule has 0 radical (unpaired) electrons. The molecule has 0 bridgehead atoms. The van der Waals surface area contributed by atoms with Gasteiger partial charge in [0.05, 0.1) is 6.61 Å². The van der Waals surface area contributed by atoms with Crippen LogP contribution in [0.4, 0.5) is 0 Å². The molecule has 0 rings (SSSR count).